The summed E-state index contributed by atoms with van der Waals surface area (Å²) in [6, 6.07) is 19.7. The number of hydrogen-bond acceptors (Lipinski definition) is 4. The van der Waals surface area contributed by atoms with Gasteiger partial charge in [-0.2, -0.15) is 0 Å². The highest BCUT2D eigenvalue weighted by Gasteiger charge is 2.32. The van der Waals surface area contributed by atoms with Crippen LogP contribution in [0.3, 0.4) is 0 Å². The van der Waals surface area contributed by atoms with Crippen molar-refractivity contribution in [2.45, 2.75) is 12.5 Å². The van der Waals surface area contributed by atoms with Gasteiger partial charge in [-0.1, -0.05) is 59.1 Å². The van der Waals surface area contributed by atoms with Gasteiger partial charge in [0.2, 0.25) is 15.9 Å². The Bertz CT molecular complexity index is 1320. The number of anilines is 2. The summed E-state index contributed by atoms with van der Waals surface area (Å²) in [6.07, 6.45) is 1.31. The third-order valence-corrected chi connectivity index (χ3v) is 7.22. The van der Waals surface area contributed by atoms with Gasteiger partial charge in [-0.3, -0.25) is 9.52 Å². The topological polar surface area (TPSA) is 69.7 Å². The van der Waals surface area contributed by atoms with Crippen LogP contribution in [0, 0.1) is 0 Å². The molecule has 4 rings (SSSR count). The van der Waals surface area contributed by atoms with Crippen LogP contribution in [-0.4, -0.2) is 45.1 Å². The van der Waals surface area contributed by atoms with Crippen molar-refractivity contribution < 1.29 is 13.2 Å². The summed E-state index contributed by atoms with van der Waals surface area (Å²) < 4.78 is 25.2. The molecule has 1 heterocycles. The highest BCUT2D eigenvalue weighted by Crippen LogP contribution is 2.37. The number of halogens is 3. The molecule has 3 aromatic carbocycles. The molecule has 1 aliphatic rings. The van der Waals surface area contributed by atoms with Crippen molar-refractivity contribution >= 4 is 62.1 Å². The zero-order valence-electron chi connectivity index (χ0n) is 18.9. The van der Waals surface area contributed by atoms with E-state index < -0.39 is 10.0 Å². The predicted octanol–water partition coefficient (Wildman–Crippen LogP) is 5.65. The molecule has 10 heteroatoms. The molecule has 35 heavy (non-hydrogen) atoms. The molecule has 1 amide bonds. The zero-order chi connectivity index (χ0) is 25.2. The van der Waals surface area contributed by atoms with Crippen LogP contribution in [-0.2, 0) is 21.2 Å². The van der Waals surface area contributed by atoms with E-state index in [0.29, 0.717) is 40.4 Å². The molecule has 0 aromatic heterocycles. The van der Waals surface area contributed by atoms with Crippen molar-refractivity contribution in [2.75, 3.05) is 35.5 Å². The Morgan fingerprint density at radius 1 is 0.943 bits per heavy atom. The van der Waals surface area contributed by atoms with E-state index in [1.807, 2.05) is 41.3 Å². The second-order valence-electron chi connectivity index (χ2n) is 8.44. The minimum Gasteiger partial charge on any atom is -0.360 e. The number of rotatable bonds is 6. The summed E-state index contributed by atoms with van der Waals surface area (Å²) in [7, 11) is -3.35. The Kier molecular flexibility index (Phi) is 7.81. The minimum absolute atomic E-state index is 0.00496. The van der Waals surface area contributed by atoms with E-state index in [2.05, 4.69) is 9.62 Å². The van der Waals surface area contributed by atoms with Crippen molar-refractivity contribution in [3.8, 4) is 0 Å². The van der Waals surface area contributed by atoms with Gasteiger partial charge in [0.15, 0.2) is 0 Å². The normalized spacial score (nSPS) is 16.3. The van der Waals surface area contributed by atoms with Gasteiger partial charge in [0.05, 0.1) is 29.4 Å². The maximum Gasteiger partial charge on any atom is 0.229 e. The molecule has 6 nitrogen and oxygen atoms in total. The van der Waals surface area contributed by atoms with E-state index in [4.69, 9.17) is 34.8 Å². The largest absolute Gasteiger partial charge is 0.360 e. The van der Waals surface area contributed by atoms with E-state index in [9.17, 15) is 13.2 Å². The SMILES string of the molecule is CS(=O)(=O)Nc1ccc(CC(=O)N2CCN(c3ccc(Cl)cc3Cl)C(c3ccc(Cl)cc3)C2)cc1. The maximum absolute atomic E-state index is 13.2. The standard InChI is InChI=1S/C25H24Cl3N3O3S/c1-35(33,34)29-21-9-2-17(3-10-21)14-25(32)30-12-13-31(23-11-8-20(27)15-22(23)28)24(16-30)18-4-6-19(26)7-5-18/h2-11,15,24,29H,12-14,16H2,1H3. The molecule has 0 saturated carbocycles. The molecule has 184 valence electrons. The molecule has 3 aromatic rings. The molecular formula is C25H24Cl3N3O3S. The smallest absolute Gasteiger partial charge is 0.229 e. The van der Waals surface area contributed by atoms with Gasteiger partial charge in [0, 0.05) is 35.4 Å². The van der Waals surface area contributed by atoms with Crippen molar-refractivity contribution in [1.82, 2.24) is 4.90 Å². The first-order valence-corrected chi connectivity index (χ1v) is 13.9. The highest BCUT2D eigenvalue weighted by molar-refractivity contribution is 7.92. The lowest BCUT2D eigenvalue weighted by atomic mass is 10.0. The number of piperazine rings is 1. The van der Waals surface area contributed by atoms with Gasteiger partial charge in [-0.25, -0.2) is 8.42 Å². The summed E-state index contributed by atoms with van der Waals surface area (Å²) in [6.45, 7) is 1.61. The molecule has 1 fully saturated rings. The van der Waals surface area contributed by atoms with Crippen molar-refractivity contribution in [1.29, 1.82) is 0 Å². The van der Waals surface area contributed by atoms with Crippen LogP contribution in [0.4, 0.5) is 11.4 Å². The Balaban J connectivity index is 1.53. The summed E-state index contributed by atoms with van der Waals surface area (Å²) >= 11 is 18.7. The maximum atomic E-state index is 13.2. The molecule has 1 aliphatic heterocycles. The average Bonchev–Trinajstić information content (AvgIpc) is 2.80. The van der Waals surface area contributed by atoms with Crippen LogP contribution < -0.4 is 9.62 Å². The molecule has 1 atom stereocenters. The third kappa shape index (κ3) is 6.61. The number of hydrogen-bond donors (Lipinski definition) is 1. The molecule has 1 unspecified atom stereocenters. The van der Waals surface area contributed by atoms with Crippen LogP contribution in [0.2, 0.25) is 15.1 Å². The van der Waals surface area contributed by atoms with Gasteiger partial charge in [0.25, 0.3) is 0 Å². The predicted molar refractivity (Wildman–Crippen MR) is 143 cm³/mol. The lowest BCUT2D eigenvalue weighted by Crippen LogP contribution is -2.51. The monoisotopic (exact) mass is 551 g/mol. The van der Waals surface area contributed by atoms with Crippen LogP contribution >= 0.6 is 34.8 Å². The quantitative estimate of drug-likeness (QED) is 0.429. The summed E-state index contributed by atoms with van der Waals surface area (Å²) in [4.78, 5) is 17.2. The Labute approximate surface area is 220 Å². The first kappa shape index (κ1) is 25.6. The molecule has 0 spiro atoms. The Morgan fingerprint density at radius 3 is 2.23 bits per heavy atom. The third-order valence-electron chi connectivity index (χ3n) is 5.82. The number of nitrogens with zero attached hydrogens (tertiary/aromatic N) is 2. The number of carbonyl (C=O) groups is 1. The Morgan fingerprint density at radius 2 is 1.60 bits per heavy atom. The zero-order valence-corrected chi connectivity index (χ0v) is 22.0. The first-order valence-electron chi connectivity index (χ1n) is 10.9. The summed E-state index contributed by atoms with van der Waals surface area (Å²) in [5.41, 5.74) is 3.14. The van der Waals surface area contributed by atoms with E-state index >= 15 is 0 Å². The molecular weight excluding hydrogens is 529 g/mol. The number of benzene rings is 3. The molecule has 0 bridgehead atoms. The number of carbonyl (C=O) groups excluding carboxylic acids is 1. The number of sulfonamides is 1. The first-order chi connectivity index (χ1) is 16.6. The van der Waals surface area contributed by atoms with Gasteiger partial charge >= 0.3 is 0 Å². The van der Waals surface area contributed by atoms with Crippen molar-refractivity contribution in [2.24, 2.45) is 0 Å². The van der Waals surface area contributed by atoms with Crippen LogP contribution in [0.5, 0.6) is 0 Å². The fraction of sp³-hybridized carbons (Fsp3) is 0.240. The minimum atomic E-state index is -3.35. The second-order valence-corrected chi connectivity index (χ2v) is 11.5. The lowest BCUT2D eigenvalue weighted by Gasteiger charge is -2.43. The molecule has 0 radical (unpaired) electrons. The van der Waals surface area contributed by atoms with Gasteiger partial charge < -0.3 is 9.80 Å². The van der Waals surface area contributed by atoms with Crippen LogP contribution in [0.15, 0.2) is 66.7 Å². The molecule has 1 N–H and O–H groups in total. The molecule has 0 aliphatic carbocycles. The van der Waals surface area contributed by atoms with Crippen LogP contribution in [0.25, 0.3) is 0 Å². The second kappa shape index (κ2) is 10.7. The van der Waals surface area contributed by atoms with E-state index in [1.54, 1.807) is 30.3 Å². The van der Waals surface area contributed by atoms with E-state index in [1.165, 1.54) is 0 Å². The number of nitrogens with one attached hydrogen (secondary N) is 1. The van der Waals surface area contributed by atoms with Crippen molar-refractivity contribution in [3.63, 3.8) is 0 Å². The highest BCUT2D eigenvalue weighted by atomic mass is 35.5. The fourth-order valence-corrected chi connectivity index (χ4v) is 5.38. The summed E-state index contributed by atoms with van der Waals surface area (Å²) in [5.74, 6) is -0.00496. The van der Waals surface area contributed by atoms with Crippen molar-refractivity contribution in [3.05, 3.63) is 92.9 Å². The fourth-order valence-electron chi connectivity index (χ4n) is 4.17. The van der Waals surface area contributed by atoms with Gasteiger partial charge in [0.1, 0.15) is 0 Å². The average molecular weight is 553 g/mol. The molecule has 1 saturated heterocycles. The van der Waals surface area contributed by atoms with Gasteiger partial charge in [-0.05, 0) is 53.6 Å². The Hall–Kier alpha value is -2.45. The summed E-state index contributed by atoms with van der Waals surface area (Å²) in [5, 5.41) is 1.76. The lowest BCUT2D eigenvalue weighted by molar-refractivity contribution is -0.131. The van der Waals surface area contributed by atoms with E-state index in [0.717, 1.165) is 23.1 Å². The van der Waals surface area contributed by atoms with E-state index in [-0.39, 0.29) is 18.4 Å². The van der Waals surface area contributed by atoms with Gasteiger partial charge in [-0.15, -0.1) is 0 Å². The number of amides is 1. The van der Waals surface area contributed by atoms with Crippen LogP contribution in [0.1, 0.15) is 17.2 Å².